The van der Waals surface area contributed by atoms with Crippen molar-refractivity contribution >= 4 is 34.9 Å². The van der Waals surface area contributed by atoms with Crippen LogP contribution in [0.2, 0.25) is 10.0 Å². The van der Waals surface area contributed by atoms with E-state index in [0.717, 1.165) is 28.1 Å². The number of hydrogen-bond donors (Lipinski definition) is 1. The van der Waals surface area contributed by atoms with Crippen LogP contribution in [0.4, 0.5) is 10.5 Å². The van der Waals surface area contributed by atoms with E-state index in [1.165, 1.54) is 0 Å². The van der Waals surface area contributed by atoms with E-state index in [-0.39, 0.29) is 6.03 Å². The fourth-order valence-electron chi connectivity index (χ4n) is 3.11. The minimum Gasteiger partial charge on any atom is -0.496 e. The van der Waals surface area contributed by atoms with Gasteiger partial charge in [-0.05, 0) is 49.2 Å². The van der Waals surface area contributed by atoms with Crippen molar-refractivity contribution in [3.05, 3.63) is 93.5 Å². The molecule has 0 fully saturated rings. The lowest BCUT2D eigenvalue weighted by atomic mass is 10.1. The van der Waals surface area contributed by atoms with E-state index in [2.05, 4.69) is 5.32 Å². The highest BCUT2D eigenvalue weighted by molar-refractivity contribution is 6.35. The summed E-state index contributed by atoms with van der Waals surface area (Å²) in [6.45, 7) is 2.90. The van der Waals surface area contributed by atoms with Gasteiger partial charge in [-0.1, -0.05) is 65.2 Å². The number of carbonyl (C=O) groups is 1. The number of benzene rings is 3. The number of urea groups is 1. The molecule has 0 bridgehead atoms. The van der Waals surface area contributed by atoms with Crippen LogP contribution in [0, 0.1) is 6.92 Å². The summed E-state index contributed by atoms with van der Waals surface area (Å²) in [6.07, 6.45) is 0.604. The molecule has 2 amide bonds. The molecule has 0 unspecified atom stereocenters. The van der Waals surface area contributed by atoms with E-state index >= 15 is 0 Å². The number of nitrogens with one attached hydrogen (secondary N) is 1. The van der Waals surface area contributed by atoms with E-state index in [1.54, 1.807) is 24.1 Å². The quantitative estimate of drug-likeness (QED) is 0.448. The van der Waals surface area contributed by atoms with Gasteiger partial charge < -0.3 is 15.0 Å². The second-order valence-electron chi connectivity index (χ2n) is 7.02. The second-order valence-corrected chi connectivity index (χ2v) is 7.86. The molecule has 4 nitrogen and oxygen atoms in total. The Morgan fingerprint density at radius 3 is 2.43 bits per heavy atom. The maximum absolute atomic E-state index is 13.1. The van der Waals surface area contributed by atoms with Gasteiger partial charge in [-0.25, -0.2) is 4.79 Å². The molecule has 0 radical (unpaired) electrons. The standard InChI is InChI=1S/C24H24Cl2N2O2/c1-17-7-11-21(12-8-17)27-24(29)28(16-19-5-3-4-6-23(19)30-2)14-13-18-9-10-20(25)15-22(18)26/h3-12,15H,13-14,16H2,1-2H3,(H,27,29). The molecule has 0 aliphatic heterocycles. The summed E-state index contributed by atoms with van der Waals surface area (Å²) in [5.41, 5.74) is 3.76. The van der Waals surface area contributed by atoms with E-state index < -0.39 is 0 Å². The molecular weight excluding hydrogens is 419 g/mol. The van der Waals surface area contributed by atoms with Gasteiger partial charge in [0.15, 0.2) is 0 Å². The van der Waals surface area contributed by atoms with E-state index in [9.17, 15) is 4.79 Å². The van der Waals surface area contributed by atoms with Crippen LogP contribution >= 0.6 is 23.2 Å². The van der Waals surface area contributed by atoms with Gasteiger partial charge in [0.1, 0.15) is 5.75 Å². The summed E-state index contributed by atoms with van der Waals surface area (Å²) in [6, 6.07) is 20.6. The first-order valence-corrected chi connectivity index (χ1v) is 10.4. The average molecular weight is 443 g/mol. The Morgan fingerprint density at radius 2 is 1.73 bits per heavy atom. The van der Waals surface area contributed by atoms with Crippen molar-refractivity contribution in [3.8, 4) is 5.75 Å². The van der Waals surface area contributed by atoms with Crippen LogP contribution < -0.4 is 10.1 Å². The fourth-order valence-corrected chi connectivity index (χ4v) is 3.61. The molecule has 0 spiro atoms. The summed E-state index contributed by atoms with van der Waals surface area (Å²) < 4.78 is 5.46. The van der Waals surface area contributed by atoms with Crippen molar-refractivity contribution in [2.75, 3.05) is 19.0 Å². The SMILES string of the molecule is COc1ccccc1CN(CCc1ccc(Cl)cc1Cl)C(=O)Nc1ccc(C)cc1. The highest BCUT2D eigenvalue weighted by atomic mass is 35.5. The minimum atomic E-state index is -0.185. The molecule has 1 N–H and O–H groups in total. The molecule has 3 rings (SSSR count). The van der Waals surface area contributed by atoms with Gasteiger partial charge in [-0.3, -0.25) is 0 Å². The monoisotopic (exact) mass is 442 g/mol. The van der Waals surface area contributed by atoms with Gasteiger partial charge in [-0.15, -0.1) is 0 Å². The van der Waals surface area contributed by atoms with Gasteiger partial charge in [0.25, 0.3) is 0 Å². The van der Waals surface area contributed by atoms with Gasteiger partial charge in [0.05, 0.1) is 13.7 Å². The molecule has 3 aromatic rings. The first-order chi connectivity index (χ1) is 14.5. The van der Waals surface area contributed by atoms with Crippen LogP contribution in [0.3, 0.4) is 0 Å². The number of methoxy groups -OCH3 is 1. The number of para-hydroxylation sites is 1. The number of amides is 2. The van der Waals surface area contributed by atoms with Crippen LogP contribution in [0.5, 0.6) is 5.75 Å². The van der Waals surface area contributed by atoms with Crippen molar-refractivity contribution in [1.29, 1.82) is 0 Å². The minimum absolute atomic E-state index is 0.185. The zero-order valence-electron chi connectivity index (χ0n) is 17.0. The topological polar surface area (TPSA) is 41.6 Å². The first kappa shape index (κ1) is 22.0. The van der Waals surface area contributed by atoms with Crippen LogP contribution in [-0.2, 0) is 13.0 Å². The number of hydrogen-bond acceptors (Lipinski definition) is 2. The van der Waals surface area contributed by atoms with Crippen LogP contribution in [0.25, 0.3) is 0 Å². The molecule has 0 saturated heterocycles. The van der Waals surface area contributed by atoms with Crippen molar-refractivity contribution in [2.24, 2.45) is 0 Å². The average Bonchev–Trinajstić information content (AvgIpc) is 2.74. The third-order valence-corrected chi connectivity index (χ3v) is 5.40. The second kappa shape index (κ2) is 10.4. The molecule has 6 heteroatoms. The van der Waals surface area contributed by atoms with E-state index in [0.29, 0.717) is 29.6 Å². The van der Waals surface area contributed by atoms with Gasteiger partial charge >= 0.3 is 6.03 Å². The maximum Gasteiger partial charge on any atom is 0.322 e. The number of aryl methyl sites for hydroxylation is 1. The summed E-state index contributed by atoms with van der Waals surface area (Å²) in [5.74, 6) is 0.746. The lowest BCUT2D eigenvalue weighted by Gasteiger charge is -2.24. The molecule has 0 atom stereocenters. The third-order valence-electron chi connectivity index (χ3n) is 4.81. The summed E-state index contributed by atoms with van der Waals surface area (Å²) in [7, 11) is 1.63. The molecule has 0 aliphatic carbocycles. The Morgan fingerprint density at radius 1 is 1.00 bits per heavy atom. The normalized spacial score (nSPS) is 10.5. The summed E-state index contributed by atoms with van der Waals surface area (Å²) in [5, 5.41) is 4.16. The smallest absolute Gasteiger partial charge is 0.322 e. The van der Waals surface area contributed by atoms with Gasteiger partial charge in [-0.2, -0.15) is 0 Å². The predicted octanol–water partition coefficient (Wildman–Crippen LogP) is 6.59. The predicted molar refractivity (Wildman–Crippen MR) is 124 cm³/mol. The Kier molecular flexibility index (Phi) is 7.61. The van der Waals surface area contributed by atoms with Crippen LogP contribution in [0.15, 0.2) is 66.7 Å². The number of halogens is 2. The van der Waals surface area contributed by atoms with Crippen molar-refractivity contribution in [1.82, 2.24) is 4.90 Å². The number of rotatable bonds is 7. The Hall–Kier alpha value is -2.69. The molecule has 156 valence electrons. The molecule has 0 heterocycles. The Bertz CT molecular complexity index is 1010. The zero-order chi connectivity index (χ0) is 21.5. The highest BCUT2D eigenvalue weighted by Gasteiger charge is 2.17. The van der Waals surface area contributed by atoms with Crippen LogP contribution in [0.1, 0.15) is 16.7 Å². The van der Waals surface area contributed by atoms with Crippen molar-refractivity contribution in [2.45, 2.75) is 19.9 Å². The number of anilines is 1. The summed E-state index contributed by atoms with van der Waals surface area (Å²) in [4.78, 5) is 14.8. The molecule has 30 heavy (non-hydrogen) atoms. The van der Waals surface area contributed by atoms with Gasteiger partial charge in [0, 0.05) is 27.8 Å². The molecule has 0 aromatic heterocycles. The molecule has 0 saturated carbocycles. The maximum atomic E-state index is 13.1. The lowest BCUT2D eigenvalue weighted by Crippen LogP contribution is -2.36. The lowest BCUT2D eigenvalue weighted by molar-refractivity contribution is 0.209. The van der Waals surface area contributed by atoms with Gasteiger partial charge in [0.2, 0.25) is 0 Å². The fraction of sp³-hybridized carbons (Fsp3) is 0.208. The van der Waals surface area contributed by atoms with Crippen molar-refractivity contribution < 1.29 is 9.53 Å². The van der Waals surface area contributed by atoms with E-state index in [4.69, 9.17) is 27.9 Å². The number of ether oxygens (including phenoxy) is 1. The number of carbonyl (C=O) groups excluding carboxylic acids is 1. The van der Waals surface area contributed by atoms with E-state index in [1.807, 2.05) is 61.5 Å². The zero-order valence-corrected chi connectivity index (χ0v) is 18.5. The Labute approximate surface area is 187 Å². The first-order valence-electron chi connectivity index (χ1n) is 9.64. The molecule has 3 aromatic carbocycles. The highest BCUT2D eigenvalue weighted by Crippen LogP contribution is 2.23. The largest absolute Gasteiger partial charge is 0.496 e. The molecule has 0 aliphatic rings. The molecular formula is C24H24Cl2N2O2. The number of nitrogens with zero attached hydrogens (tertiary/aromatic N) is 1. The van der Waals surface area contributed by atoms with Crippen LogP contribution in [-0.4, -0.2) is 24.6 Å². The third kappa shape index (κ3) is 5.91. The van der Waals surface area contributed by atoms with Crippen molar-refractivity contribution in [3.63, 3.8) is 0 Å². The summed E-state index contributed by atoms with van der Waals surface area (Å²) >= 11 is 12.3. The Balaban J connectivity index is 1.79.